The van der Waals surface area contributed by atoms with Crippen molar-refractivity contribution in [1.82, 2.24) is 10.3 Å². The SMILES string of the molecule is CC(C)(C)CC(=O)NC1(c2ccccn2)CC1. The summed E-state index contributed by atoms with van der Waals surface area (Å²) in [4.78, 5) is 16.3. The third-order valence-corrected chi connectivity index (χ3v) is 2.97. The van der Waals surface area contributed by atoms with Gasteiger partial charge in [0.1, 0.15) is 0 Å². The Balaban J connectivity index is 2.02. The minimum Gasteiger partial charge on any atom is -0.345 e. The molecule has 1 aliphatic rings. The first-order chi connectivity index (χ1) is 7.91. The molecule has 92 valence electrons. The molecule has 1 fully saturated rings. The molecular formula is C14H20N2O. The normalized spacial score (nSPS) is 17.6. The number of nitrogens with zero attached hydrogens (tertiary/aromatic N) is 1. The minimum absolute atomic E-state index is 0.0320. The van der Waals surface area contributed by atoms with Gasteiger partial charge in [0.25, 0.3) is 0 Å². The molecule has 0 bridgehead atoms. The lowest BCUT2D eigenvalue weighted by Gasteiger charge is -2.21. The van der Waals surface area contributed by atoms with Gasteiger partial charge >= 0.3 is 0 Å². The predicted octanol–water partition coefficient (Wildman–Crippen LogP) is 2.62. The molecule has 3 nitrogen and oxygen atoms in total. The van der Waals surface area contributed by atoms with Gasteiger partial charge in [0.2, 0.25) is 5.91 Å². The average Bonchev–Trinajstić information content (AvgIpc) is 2.97. The van der Waals surface area contributed by atoms with Gasteiger partial charge < -0.3 is 5.32 Å². The van der Waals surface area contributed by atoms with Crippen LogP contribution in [0.15, 0.2) is 24.4 Å². The van der Waals surface area contributed by atoms with Crippen molar-refractivity contribution in [3.05, 3.63) is 30.1 Å². The fourth-order valence-corrected chi connectivity index (χ4v) is 2.01. The number of amides is 1. The molecule has 0 radical (unpaired) electrons. The van der Waals surface area contributed by atoms with Crippen molar-refractivity contribution in [3.63, 3.8) is 0 Å². The van der Waals surface area contributed by atoms with Crippen LogP contribution in [-0.2, 0) is 10.3 Å². The summed E-state index contributed by atoms with van der Waals surface area (Å²) in [5.41, 5.74) is 0.843. The summed E-state index contributed by atoms with van der Waals surface area (Å²) in [7, 11) is 0. The first-order valence-corrected chi connectivity index (χ1v) is 6.14. The van der Waals surface area contributed by atoms with E-state index in [1.165, 1.54) is 0 Å². The van der Waals surface area contributed by atoms with Gasteiger partial charge in [0, 0.05) is 12.6 Å². The molecular weight excluding hydrogens is 212 g/mol. The summed E-state index contributed by atoms with van der Waals surface area (Å²) < 4.78 is 0. The number of pyridine rings is 1. The monoisotopic (exact) mass is 232 g/mol. The van der Waals surface area contributed by atoms with E-state index in [1.54, 1.807) is 6.20 Å². The summed E-state index contributed by atoms with van der Waals surface area (Å²) in [6.45, 7) is 6.23. The van der Waals surface area contributed by atoms with E-state index in [0.29, 0.717) is 6.42 Å². The van der Waals surface area contributed by atoms with Crippen molar-refractivity contribution >= 4 is 5.91 Å². The molecule has 1 amide bonds. The van der Waals surface area contributed by atoms with E-state index in [2.05, 4.69) is 31.1 Å². The van der Waals surface area contributed by atoms with Crippen LogP contribution in [0, 0.1) is 5.41 Å². The van der Waals surface area contributed by atoms with Crippen molar-refractivity contribution in [3.8, 4) is 0 Å². The zero-order valence-corrected chi connectivity index (χ0v) is 10.8. The molecule has 1 N–H and O–H groups in total. The van der Waals surface area contributed by atoms with Crippen molar-refractivity contribution < 1.29 is 4.79 Å². The fraction of sp³-hybridized carbons (Fsp3) is 0.571. The van der Waals surface area contributed by atoms with E-state index in [0.717, 1.165) is 18.5 Å². The minimum atomic E-state index is -0.177. The lowest BCUT2D eigenvalue weighted by Crippen LogP contribution is -2.37. The number of carbonyl (C=O) groups excluding carboxylic acids is 1. The van der Waals surface area contributed by atoms with Gasteiger partial charge in [-0.1, -0.05) is 26.8 Å². The maximum atomic E-state index is 11.9. The molecule has 0 spiro atoms. The van der Waals surface area contributed by atoms with Crippen molar-refractivity contribution in [2.24, 2.45) is 5.41 Å². The van der Waals surface area contributed by atoms with Crippen LogP contribution in [0.25, 0.3) is 0 Å². The van der Waals surface area contributed by atoms with Crippen LogP contribution < -0.4 is 5.32 Å². The van der Waals surface area contributed by atoms with Gasteiger partial charge in [0.15, 0.2) is 0 Å². The Kier molecular flexibility index (Phi) is 2.94. The van der Waals surface area contributed by atoms with Gasteiger partial charge in [-0.3, -0.25) is 9.78 Å². The molecule has 3 heteroatoms. The van der Waals surface area contributed by atoms with Gasteiger partial charge in [-0.25, -0.2) is 0 Å². The first kappa shape index (κ1) is 12.1. The quantitative estimate of drug-likeness (QED) is 0.870. The second kappa shape index (κ2) is 4.13. The molecule has 0 aliphatic heterocycles. The number of carbonyl (C=O) groups is 1. The third kappa shape index (κ3) is 3.05. The molecule has 1 aliphatic carbocycles. The lowest BCUT2D eigenvalue weighted by molar-refractivity contribution is -0.123. The highest BCUT2D eigenvalue weighted by Gasteiger charge is 2.47. The van der Waals surface area contributed by atoms with Crippen LogP contribution in [0.5, 0.6) is 0 Å². The maximum Gasteiger partial charge on any atom is 0.221 e. The largest absolute Gasteiger partial charge is 0.345 e. The van der Waals surface area contributed by atoms with Crippen molar-refractivity contribution in [1.29, 1.82) is 0 Å². The van der Waals surface area contributed by atoms with E-state index in [1.807, 2.05) is 18.2 Å². The summed E-state index contributed by atoms with van der Waals surface area (Å²) >= 11 is 0. The molecule has 17 heavy (non-hydrogen) atoms. The van der Waals surface area contributed by atoms with Crippen molar-refractivity contribution in [2.45, 2.75) is 45.6 Å². The molecule has 1 aromatic heterocycles. The standard InChI is InChI=1S/C14H20N2O/c1-13(2,3)10-12(17)16-14(7-8-14)11-6-4-5-9-15-11/h4-6,9H,7-8,10H2,1-3H3,(H,16,17). The second-order valence-electron chi connectivity index (χ2n) is 6.08. The molecule has 0 aromatic carbocycles. The van der Waals surface area contributed by atoms with Gasteiger partial charge in [-0.05, 0) is 30.4 Å². The van der Waals surface area contributed by atoms with E-state index in [-0.39, 0.29) is 16.9 Å². The molecule has 0 unspecified atom stereocenters. The van der Waals surface area contributed by atoms with Crippen molar-refractivity contribution in [2.75, 3.05) is 0 Å². The lowest BCUT2D eigenvalue weighted by atomic mass is 9.91. The fourth-order valence-electron chi connectivity index (χ4n) is 2.01. The van der Waals surface area contributed by atoms with Crippen LogP contribution in [0.3, 0.4) is 0 Å². The van der Waals surface area contributed by atoms with Gasteiger partial charge in [-0.15, -0.1) is 0 Å². The maximum absolute atomic E-state index is 11.9. The Morgan fingerprint density at radius 1 is 1.41 bits per heavy atom. The Labute approximate surface area is 103 Å². The number of nitrogens with one attached hydrogen (secondary N) is 1. The topological polar surface area (TPSA) is 42.0 Å². The second-order valence-corrected chi connectivity index (χ2v) is 6.08. The van der Waals surface area contributed by atoms with E-state index >= 15 is 0 Å². The zero-order chi connectivity index (χ0) is 12.5. The van der Waals surface area contributed by atoms with Crippen LogP contribution in [0.1, 0.15) is 45.7 Å². The Morgan fingerprint density at radius 2 is 2.12 bits per heavy atom. The summed E-state index contributed by atoms with van der Waals surface area (Å²) in [6.07, 6.45) is 4.34. The smallest absolute Gasteiger partial charge is 0.221 e. The molecule has 1 aromatic rings. The van der Waals surface area contributed by atoms with Gasteiger partial charge in [-0.2, -0.15) is 0 Å². The highest BCUT2D eigenvalue weighted by molar-refractivity contribution is 5.78. The number of aromatic nitrogens is 1. The van der Waals surface area contributed by atoms with E-state index < -0.39 is 0 Å². The molecule has 2 rings (SSSR count). The Morgan fingerprint density at radius 3 is 2.59 bits per heavy atom. The Bertz CT molecular complexity index is 402. The van der Waals surface area contributed by atoms with E-state index in [4.69, 9.17) is 0 Å². The average molecular weight is 232 g/mol. The van der Waals surface area contributed by atoms with Crippen LogP contribution in [0.4, 0.5) is 0 Å². The van der Waals surface area contributed by atoms with Crippen LogP contribution >= 0.6 is 0 Å². The zero-order valence-electron chi connectivity index (χ0n) is 10.8. The number of hydrogen-bond acceptors (Lipinski definition) is 2. The van der Waals surface area contributed by atoms with Crippen LogP contribution in [-0.4, -0.2) is 10.9 Å². The number of hydrogen-bond donors (Lipinski definition) is 1. The Hall–Kier alpha value is -1.38. The summed E-state index contributed by atoms with van der Waals surface area (Å²) in [5, 5.41) is 3.14. The summed E-state index contributed by atoms with van der Waals surface area (Å²) in [6, 6.07) is 5.86. The first-order valence-electron chi connectivity index (χ1n) is 6.14. The number of rotatable bonds is 3. The molecule has 0 saturated heterocycles. The third-order valence-electron chi connectivity index (χ3n) is 2.97. The van der Waals surface area contributed by atoms with Crippen LogP contribution in [0.2, 0.25) is 0 Å². The highest BCUT2D eigenvalue weighted by atomic mass is 16.1. The molecule has 1 saturated carbocycles. The molecule has 0 atom stereocenters. The van der Waals surface area contributed by atoms with E-state index in [9.17, 15) is 4.79 Å². The summed E-state index contributed by atoms with van der Waals surface area (Å²) in [5.74, 6) is 0.126. The predicted molar refractivity (Wildman–Crippen MR) is 67.4 cm³/mol. The van der Waals surface area contributed by atoms with Gasteiger partial charge in [0.05, 0.1) is 11.2 Å². The highest BCUT2D eigenvalue weighted by Crippen LogP contribution is 2.44. The molecule has 1 heterocycles.